The van der Waals surface area contributed by atoms with Crippen molar-refractivity contribution in [3.63, 3.8) is 0 Å². The minimum atomic E-state index is 0.159. The van der Waals surface area contributed by atoms with E-state index in [-0.39, 0.29) is 11.9 Å². The number of amides is 1. The number of piperidine rings is 1. The fraction of sp³-hybridized carbons (Fsp3) is 0.923. The summed E-state index contributed by atoms with van der Waals surface area (Å²) in [4.78, 5) is 13.7. The highest BCUT2D eigenvalue weighted by atomic mass is 16.5. The zero-order valence-corrected chi connectivity index (χ0v) is 11.4. The van der Waals surface area contributed by atoms with Crippen LogP contribution in [0.25, 0.3) is 0 Å². The van der Waals surface area contributed by atoms with Gasteiger partial charge in [-0.1, -0.05) is 6.42 Å². The van der Waals surface area contributed by atoms with Gasteiger partial charge in [0.05, 0.1) is 12.6 Å². The second-order valence-corrected chi connectivity index (χ2v) is 4.99. The molecule has 2 atom stereocenters. The third-order valence-corrected chi connectivity index (χ3v) is 3.58. The average molecular weight is 242 g/mol. The number of nitrogens with one attached hydrogen (secondary N) is 1. The summed E-state index contributed by atoms with van der Waals surface area (Å²) in [5.74, 6) is 0.224. The topological polar surface area (TPSA) is 41.6 Å². The molecule has 1 saturated heterocycles. The number of methoxy groups -OCH3 is 1. The van der Waals surface area contributed by atoms with Gasteiger partial charge in [0, 0.05) is 26.6 Å². The maximum Gasteiger partial charge on any atom is 0.222 e. The molecular formula is C13H26N2O2. The first-order valence-electron chi connectivity index (χ1n) is 6.63. The van der Waals surface area contributed by atoms with Crippen LogP contribution in [-0.4, -0.2) is 50.2 Å². The van der Waals surface area contributed by atoms with Gasteiger partial charge in [-0.15, -0.1) is 0 Å². The summed E-state index contributed by atoms with van der Waals surface area (Å²) in [6.45, 7) is 3.72. The summed E-state index contributed by atoms with van der Waals surface area (Å²) in [5, 5.41) is 3.47. The highest BCUT2D eigenvalue weighted by Crippen LogP contribution is 2.13. The van der Waals surface area contributed by atoms with Gasteiger partial charge in [0.2, 0.25) is 5.91 Å². The molecule has 1 amide bonds. The van der Waals surface area contributed by atoms with Crippen LogP contribution in [-0.2, 0) is 9.53 Å². The molecule has 1 heterocycles. The third-order valence-electron chi connectivity index (χ3n) is 3.58. The summed E-state index contributed by atoms with van der Waals surface area (Å²) in [7, 11) is 3.53. The van der Waals surface area contributed by atoms with Crippen molar-refractivity contribution in [1.82, 2.24) is 10.2 Å². The fourth-order valence-corrected chi connectivity index (χ4v) is 2.24. The number of hydrogen-bond acceptors (Lipinski definition) is 3. The number of likely N-dealkylation sites (N-methyl/N-ethyl adjacent to an activating group) is 1. The summed E-state index contributed by atoms with van der Waals surface area (Å²) in [6, 6.07) is 0.700. The summed E-state index contributed by atoms with van der Waals surface area (Å²) >= 11 is 0. The molecule has 0 aromatic heterocycles. The van der Waals surface area contributed by atoms with Crippen LogP contribution in [0.15, 0.2) is 0 Å². The van der Waals surface area contributed by atoms with Crippen molar-refractivity contribution in [2.75, 3.05) is 27.3 Å². The Balaban J connectivity index is 2.23. The molecule has 1 aliphatic rings. The van der Waals surface area contributed by atoms with Crippen LogP contribution in [0.5, 0.6) is 0 Å². The predicted octanol–water partition coefficient (Wildman–Crippen LogP) is 1.40. The SMILES string of the molecule is COCC(C)N(C)C(=O)CCC1CCCCN1. The molecule has 0 aromatic carbocycles. The smallest absolute Gasteiger partial charge is 0.222 e. The molecule has 0 spiro atoms. The van der Waals surface area contributed by atoms with Crippen LogP contribution in [0.1, 0.15) is 39.0 Å². The zero-order chi connectivity index (χ0) is 12.7. The van der Waals surface area contributed by atoms with Gasteiger partial charge >= 0.3 is 0 Å². The van der Waals surface area contributed by atoms with E-state index in [2.05, 4.69) is 5.32 Å². The Morgan fingerprint density at radius 2 is 2.29 bits per heavy atom. The van der Waals surface area contributed by atoms with Crippen molar-refractivity contribution in [2.24, 2.45) is 0 Å². The Labute approximate surface area is 105 Å². The van der Waals surface area contributed by atoms with Crippen molar-refractivity contribution in [1.29, 1.82) is 0 Å². The van der Waals surface area contributed by atoms with Crippen molar-refractivity contribution < 1.29 is 9.53 Å². The third kappa shape index (κ3) is 5.04. The molecule has 1 fully saturated rings. The largest absolute Gasteiger partial charge is 0.383 e. The van der Waals surface area contributed by atoms with Gasteiger partial charge in [-0.2, -0.15) is 0 Å². The number of carbonyl (C=O) groups is 1. The van der Waals surface area contributed by atoms with Crippen LogP contribution >= 0.6 is 0 Å². The minimum Gasteiger partial charge on any atom is -0.383 e. The lowest BCUT2D eigenvalue weighted by Gasteiger charge is -2.27. The Morgan fingerprint density at radius 1 is 1.53 bits per heavy atom. The summed E-state index contributed by atoms with van der Waals surface area (Å²) in [6.07, 6.45) is 5.38. The molecule has 100 valence electrons. The Morgan fingerprint density at radius 3 is 2.88 bits per heavy atom. The van der Waals surface area contributed by atoms with E-state index < -0.39 is 0 Å². The van der Waals surface area contributed by atoms with Gasteiger partial charge < -0.3 is 15.0 Å². The molecule has 1 aliphatic heterocycles. The quantitative estimate of drug-likeness (QED) is 0.765. The molecule has 4 heteroatoms. The molecule has 17 heavy (non-hydrogen) atoms. The van der Waals surface area contributed by atoms with Crippen molar-refractivity contribution in [3.8, 4) is 0 Å². The van der Waals surface area contributed by atoms with Crippen LogP contribution in [0.4, 0.5) is 0 Å². The second kappa shape index (κ2) is 7.67. The number of carbonyl (C=O) groups excluding carboxylic acids is 1. The average Bonchev–Trinajstić information content (AvgIpc) is 2.36. The van der Waals surface area contributed by atoms with Gasteiger partial charge in [0.15, 0.2) is 0 Å². The number of nitrogens with zero attached hydrogens (tertiary/aromatic N) is 1. The minimum absolute atomic E-state index is 0.159. The van der Waals surface area contributed by atoms with Crippen LogP contribution < -0.4 is 5.32 Å². The molecule has 0 aliphatic carbocycles. The Hall–Kier alpha value is -0.610. The normalized spacial score (nSPS) is 22.2. The van der Waals surface area contributed by atoms with E-state index in [1.54, 1.807) is 12.0 Å². The van der Waals surface area contributed by atoms with E-state index in [0.717, 1.165) is 13.0 Å². The van der Waals surface area contributed by atoms with E-state index in [9.17, 15) is 4.79 Å². The van der Waals surface area contributed by atoms with Crippen molar-refractivity contribution in [3.05, 3.63) is 0 Å². The number of rotatable bonds is 6. The molecule has 0 radical (unpaired) electrons. The first kappa shape index (κ1) is 14.5. The molecule has 4 nitrogen and oxygen atoms in total. The molecule has 1 rings (SSSR count). The highest BCUT2D eigenvalue weighted by molar-refractivity contribution is 5.76. The molecule has 0 bridgehead atoms. The van der Waals surface area contributed by atoms with Crippen molar-refractivity contribution in [2.45, 2.75) is 51.1 Å². The van der Waals surface area contributed by atoms with Crippen LogP contribution in [0.3, 0.4) is 0 Å². The lowest BCUT2D eigenvalue weighted by molar-refractivity contribution is -0.132. The maximum atomic E-state index is 11.9. The standard InChI is InChI=1S/C13H26N2O2/c1-11(10-17-3)15(2)13(16)8-7-12-6-4-5-9-14-12/h11-12,14H,4-10H2,1-3H3. The van der Waals surface area contributed by atoms with E-state index in [0.29, 0.717) is 19.1 Å². The van der Waals surface area contributed by atoms with Gasteiger partial charge in [-0.25, -0.2) is 0 Å². The summed E-state index contributed by atoms with van der Waals surface area (Å²) < 4.78 is 5.06. The van der Waals surface area contributed by atoms with E-state index >= 15 is 0 Å². The lowest BCUT2D eigenvalue weighted by atomic mass is 10.0. The first-order valence-corrected chi connectivity index (χ1v) is 6.63. The first-order chi connectivity index (χ1) is 8.15. The molecule has 2 unspecified atom stereocenters. The molecular weight excluding hydrogens is 216 g/mol. The van der Waals surface area contributed by atoms with E-state index in [1.165, 1.54) is 19.3 Å². The van der Waals surface area contributed by atoms with Crippen molar-refractivity contribution >= 4 is 5.91 Å². The maximum absolute atomic E-state index is 11.9. The zero-order valence-electron chi connectivity index (χ0n) is 11.4. The number of hydrogen-bond donors (Lipinski definition) is 1. The predicted molar refractivity (Wildman–Crippen MR) is 69.0 cm³/mol. The van der Waals surface area contributed by atoms with Gasteiger partial charge in [-0.05, 0) is 32.7 Å². The lowest BCUT2D eigenvalue weighted by Crippen LogP contribution is -2.39. The van der Waals surface area contributed by atoms with Crippen LogP contribution in [0, 0.1) is 0 Å². The van der Waals surface area contributed by atoms with Gasteiger partial charge in [0.1, 0.15) is 0 Å². The Kier molecular flexibility index (Phi) is 6.52. The van der Waals surface area contributed by atoms with Gasteiger partial charge in [0.25, 0.3) is 0 Å². The van der Waals surface area contributed by atoms with Gasteiger partial charge in [-0.3, -0.25) is 4.79 Å². The second-order valence-electron chi connectivity index (χ2n) is 4.99. The molecule has 0 saturated carbocycles. The monoisotopic (exact) mass is 242 g/mol. The molecule has 1 N–H and O–H groups in total. The highest BCUT2D eigenvalue weighted by Gasteiger charge is 2.18. The molecule has 0 aromatic rings. The summed E-state index contributed by atoms with van der Waals surface area (Å²) in [5.41, 5.74) is 0. The fourth-order valence-electron chi connectivity index (χ4n) is 2.24. The van der Waals surface area contributed by atoms with E-state index in [1.807, 2.05) is 14.0 Å². The van der Waals surface area contributed by atoms with E-state index in [4.69, 9.17) is 4.74 Å². The van der Waals surface area contributed by atoms with Crippen LogP contribution in [0.2, 0.25) is 0 Å². The number of ether oxygens (including phenoxy) is 1. The Bertz CT molecular complexity index is 227.